The van der Waals surface area contributed by atoms with Crippen LogP contribution in [0.5, 0.6) is 5.75 Å². The van der Waals surface area contributed by atoms with Gasteiger partial charge in [0.1, 0.15) is 18.2 Å². The largest absolute Gasteiger partial charge is 0.492 e. The topological polar surface area (TPSA) is 39.1 Å². The maximum absolute atomic E-state index is 5.81. The standard InChI is InChI=1S/C16H21N3O/c1-2-16-18-14-12-17-9-8-15(14)19(16)10-11-20-13-6-4-3-5-7-13/h3-7,17H,2,8-12H2,1H3. The van der Waals surface area contributed by atoms with E-state index in [2.05, 4.69) is 16.8 Å². The van der Waals surface area contributed by atoms with Crippen LogP contribution in [0.25, 0.3) is 0 Å². The molecule has 0 fully saturated rings. The minimum absolute atomic E-state index is 0.688. The number of aryl methyl sites for hydroxylation is 1. The summed E-state index contributed by atoms with van der Waals surface area (Å²) in [5.74, 6) is 2.11. The fourth-order valence-corrected chi connectivity index (χ4v) is 2.73. The number of nitrogens with zero attached hydrogens (tertiary/aromatic N) is 2. The first kappa shape index (κ1) is 13.2. The van der Waals surface area contributed by atoms with Crippen LogP contribution in [-0.2, 0) is 25.9 Å². The third-order valence-corrected chi connectivity index (χ3v) is 3.71. The molecule has 0 spiro atoms. The van der Waals surface area contributed by atoms with Crippen molar-refractivity contribution in [3.05, 3.63) is 47.5 Å². The first-order valence-electron chi connectivity index (χ1n) is 7.34. The lowest BCUT2D eigenvalue weighted by Crippen LogP contribution is -2.25. The van der Waals surface area contributed by atoms with Crippen LogP contribution in [0.15, 0.2) is 30.3 Å². The zero-order valence-electron chi connectivity index (χ0n) is 11.9. The maximum atomic E-state index is 5.81. The lowest BCUT2D eigenvalue weighted by atomic mass is 10.2. The van der Waals surface area contributed by atoms with E-state index in [-0.39, 0.29) is 0 Å². The Morgan fingerprint density at radius 2 is 2.15 bits per heavy atom. The highest BCUT2D eigenvalue weighted by molar-refractivity contribution is 5.22. The molecule has 0 unspecified atom stereocenters. The summed E-state index contributed by atoms with van der Waals surface area (Å²) in [6.07, 6.45) is 2.03. The van der Waals surface area contributed by atoms with E-state index in [1.54, 1.807) is 0 Å². The highest BCUT2D eigenvalue weighted by Gasteiger charge is 2.18. The van der Waals surface area contributed by atoms with Gasteiger partial charge in [0.25, 0.3) is 0 Å². The fraction of sp³-hybridized carbons (Fsp3) is 0.438. The number of hydrogen-bond acceptors (Lipinski definition) is 3. The summed E-state index contributed by atoms with van der Waals surface area (Å²) in [6, 6.07) is 9.98. The van der Waals surface area contributed by atoms with Crippen LogP contribution in [0.3, 0.4) is 0 Å². The number of nitrogens with one attached hydrogen (secondary N) is 1. The SMILES string of the molecule is CCc1nc2c(n1CCOc1ccccc1)CCNC2. The van der Waals surface area contributed by atoms with Gasteiger partial charge in [-0.25, -0.2) is 4.98 Å². The van der Waals surface area contributed by atoms with Gasteiger partial charge in [0, 0.05) is 31.6 Å². The number of aromatic nitrogens is 2. The lowest BCUT2D eigenvalue weighted by Gasteiger charge is -2.16. The summed E-state index contributed by atoms with van der Waals surface area (Å²) < 4.78 is 8.15. The van der Waals surface area contributed by atoms with Gasteiger partial charge in [-0.2, -0.15) is 0 Å². The van der Waals surface area contributed by atoms with E-state index in [0.717, 1.165) is 38.2 Å². The second-order valence-corrected chi connectivity index (χ2v) is 5.01. The fourth-order valence-electron chi connectivity index (χ4n) is 2.73. The molecule has 2 aromatic rings. The average Bonchev–Trinajstić information content (AvgIpc) is 2.87. The Labute approximate surface area is 119 Å². The summed E-state index contributed by atoms with van der Waals surface area (Å²) in [5, 5.41) is 3.38. The van der Waals surface area contributed by atoms with Crippen molar-refractivity contribution in [2.75, 3.05) is 13.2 Å². The van der Waals surface area contributed by atoms with Crippen LogP contribution in [0.1, 0.15) is 24.1 Å². The van der Waals surface area contributed by atoms with Gasteiger partial charge in [-0.15, -0.1) is 0 Å². The predicted molar refractivity (Wildman–Crippen MR) is 79.0 cm³/mol. The summed E-state index contributed by atoms with van der Waals surface area (Å²) in [5.41, 5.74) is 2.60. The van der Waals surface area contributed by atoms with Crippen molar-refractivity contribution in [2.45, 2.75) is 32.9 Å². The number of hydrogen-bond donors (Lipinski definition) is 1. The quantitative estimate of drug-likeness (QED) is 0.906. The Balaban J connectivity index is 1.69. The lowest BCUT2D eigenvalue weighted by molar-refractivity contribution is 0.294. The van der Waals surface area contributed by atoms with Crippen molar-refractivity contribution in [3.8, 4) is 5.75 Å². The van der Waals surface area contributed by atoms with E-state index < -0.39 is 0 Å². The van der Waals surface area contributed by atoms with Crippen molar-refractivity contribution in [2.24, 2.45) is 0 Å². The Morgan fingerprint density at radius 3 is 2.95 bits per heavy atom. The minimum atomic E-state index is 0.688. The van der Waals surface area contributed by atoms with E-state index in [9.17, 15) is 0 Å². The first-order chi connectivity index (χ1) is 9.88. The van der Waals surface area contributed by atoms with Crippen molar-refractivity contribution >= 4 is 0 Å². The van der Waals surface area contributed by atoms with Crippen LogP contribution >= 0.6 is 0 Å². The van der Waals surface area contributed by atoms with Crippen molar-refractivity contribution < 1.29 is 4.74 Å². The predicted octanol–water partition coefficient (Wildman–Crippen LogP) is 2.17. The number of ether oxygens (including phenoxy) is 1. The molecular formula is C16H21N3O. The highest BCUT2D eigenvalue weighted by atomic mass is 16.5. The molecule has 1 aromatic carbocycles. The number of para-hydroxylation sites is 1. The van der Waals surface area contributed by atoms with Crippen LogP contribution in [0.2, 0.25) is 0 Å². The number of rotatable bonds is 5. The van der Waals surface area contributed by atoms with Gasteiger partial charge in [-0.3, -0.25) is 0 Å². The Bertz CT molecular complexity index is 563. The molecule has 0 amide bonds. The molecule has 1 aliphatic rings. The summed E-state index contributed by atoms with van der Waals surface area (Å²) >= 11 is 0. The van der Waals surface area contributed by atoms with Crippen LogP contribution in [-0.4, -0.2) is 22.7 Å². The molecule has 0 saturated carbocycles. The van der Waals surface area contributed by atoms with Gasteiger partial charge < -0.3 is 14.6 Å². The molecule has 1 aliphatic heterocycles. The second kappa shape index (κ2) is 6.09. The van der Waals surface area contributed by atoms with Crippen molar-refractivity contribution in [3.63, 3.8) is 0 Å². The molecule has 106 valence electrons. The molecule has 1 N–H and O–H groups in total. The normalized spacial score (nSPS) is 14.1. The Morgan fingerprint density at radius 1 is 1.30 bits per heavy atom. The van der Waals surface area contributed by atoms with E-state index in [4.69, 9.17) is 9.72 Å². The van der Waals surface area contributed by atoms with Crippen LogP contribution < -0.4 is 10.1 Å². The average molecular weight is 271 g/mol. The minimum Gasteiger partial charge on any atom is -0.492 e. The molecule has 4 heteroatoms. The number of imidazole rings is 1. The molecule has 0 radical (unpaired) electrons. The first-order valence-corrected chi connectivity index (χ1v) is 7.34. The van der Waals surface area contributed by atoms with E-state index in [1.807, 2.05) is 30.3 Å². The van der Waals surface area contributed by atoms with E-state index in [1.165, 1.54) is 17.2 Å². The smallest absolute Gasteiger partial charge is 0.119 e. The third kappa shape index (κ3) is 2.70. The summed E-state index contributed by atoms with van der Waals surface area (Å²) in [7, 11) is 0. The molecule has 20 heavy (non-hydrogen) atoms. The maximum Gasteiger partial charge on any atom is 0.119 e. The molecular weight excluding hydrogens is 250 g/mol. The Kier molecular flexibility index (Phi) is 4.02. The molecule has 0 aliphatic carbocycles. The monoisotopic (exact) mass is 271 g/mol. The van der Waals surface area contributed by atoms with Gasteiger partial charge in [-0.1, -0.05) is 25.1 Å². The van der Waals surface area contributed by atoms with E-state index in [0.29, 0.717) is 6.61 Å². The molecule has 0 bridgehead atoms. The zero-order chi connectivity index (χ0) is 13.8. The summed E-state index contributed by atoms with van der Waals surface area (Å²) in [4.78, 5) is 4.74. The van der Waals surface area contributed by atoms with Gasteiger partial charge in [0.05, 0.1) is 12.2 Å². The number of fused-ring (bicyclic) bond motifs is 1. The molecule has 4 nitrogen and oxygen atoms in total. The zero-order valence-corrected chi connectivity index (χ0v) is 11.9. The molecule has 2 heterocycles. The Hall–Kier alpha value is -1.81. The van der Waals surface area contributed by atoms with Crippen molar-refractivity contribution in [1.29, 1.82) is 0 Å². The van der Waals surface area contributed by atoms with Gasteiger partial charge in [0.15, 0.2) is 0 Å². The van der Waals surface area contributed by atoms with Gasteiger partial charge in [-0.05, 0) is 12.1 Å². The van der Waals surface area contributed by atoms with Gasteiger partial charge >= 0.3 is 0 Å². The molecule has 0 saturated heterocycles. The third-order valence-electron chi connectivity index (χ3n) is 3.71. The second-order valence-electron chi connectivity index (χ2n) is 5.01. The van der Waals surface area contributed by atoms with Crippen LogP contribution in [0.4, 0.5) is 0 Å². The van der Waals surface area contributed by atoms with Crippen LogP contribution in [0, 0.1) is 0 Å². The summed E-state index contributed by atoms with van der Waals surface area (Å²) in [6.45, 7) is 5.67. The highest BCUT2D eigenvalue weighted by Crippen LogP contribution is 2.17. The molecule has 3 rings (SSSR count). The van der Waals surface area contributed by atoms with E-state index >= 15 is 0 Å². The van der Waals surface area contributed by atoms with Crippen molar-refractivity contribution in [1.82, 2.24) is 14.9 Å². The van der Waals surface area contributed by atoms with Gasteiger partial charge in [0.2, 0.25) is 0 Å². The molecule has 0 atom stereocenters. The number of benzene rings is 1. The molecule has 1 aromatic heterocycles.